The van der Waals surface area contributed by atoms with E-state index in [1.165, 1.54) is 16.3 Å². The van der Waals surface area contributed by atoms with E-state index in [4.69, 9.17) is 0 Å². The Labute approximate surface area is 162 Å². The van der Waals surface area contributed by atoms with Crippen LogP contribution in [0.4, 0.5) is 0 Å². The summed E-state index contributed by atoms with van der Waals surface area (Å²) in [5, 5.41) is 17.5. The highest BCUT2D eigenvalue weighted by Gasteiger charge is 2.33. The molecular formula is C21H23N3O2S. The fraction of sp³-hybridized carbons (Fsp3) is 0.333. The Balaban J connectivity index is 1.43. The minimum absolute atomic E-state index is 0.171. The van der Waals surface area contributed by atoms with Gasteiger partial charge in [0.25, 0.3) is 5.56 Å². The second-order valence-electron chi connectivity index (χ2n) is 7.18. The average molecular weight is 382 g/mol. The van der Waals surface area contributed by atoms with Crippen molar-refractivity contribution < 1.29 is 5.11 Å². The Bertz CT molecular complexity index is 930. The number of aromatic nitrogens is 2. The van der Waals surface area contributed by atoms with Crippen molar-refractivity contribution in [2.24, 2.45) is 0 Å². The zero-order valence-electron chi connectivity index (χ0n) is 15.1. The summed E-state index contributed by atoms with van der Waals surface area (Å²) in [6, 6.07) is 17.6. The molecule has 1 saturated heterocycles. The quantitative estimate of drug-likeness (QED) is 0.738. The molecule has 5 nitrogen and oxygen atoms in total. The summed E-state index contributed by atoms with van der Waals surface area (Å²) < 4.78 is 1.42. The van der Waals surface area contributed by atoms with E-state index in [-0.39, 0.29) is 12.1 Å². The molecule has 0 amide bonds. The Hall–Kier alpha value is -2.28. The van der Waals surface area contributed by atoms with Crippen LogP contribution < -0.4 is 5.56 Å². The first-order valence-electron chi connectivity index (χ1n) is 9.22. The van der Waals surface area contributed by atoms with Crippen LogP contribution in [-0.2, 0) is 13.1 Å². The predicted molar refractivity (Wildman–Crippen MR) is 108 cm³/mol. The van der Waals surface area contributed by atoms with Crippen LogP contribution in [-0.4, -0.2) is 38.5 Å². The molecule has 6 heteroatoms. The van der Waals surface area contributed by atoms with Gasteiger partial charge in [0.05, 0.1) is 17.0 Å². The second kappa shape index (κ2) is 7.76. The van der Waals surface area contributed by atoms with Gasteiger partial charge in [-0.15, -0.1) is 11.3 Å². The molecule has 0 saturated carbocycles. The number of likely N-dealkylation sites (tertiary alicyclic amines) is 1. The number of thiophene rings is 1. The van der Waals surface area contributed by atoms with Gasteiger partial charge in [-0.2, -0.15) is 5.10 Å². The van der Waals surface area contributed by atoms with Crippen molar-refractivity contribution in [3.63, 3.8) is 0 Å². The monoisotopic (exact) mass is 381 g/mol. The molecule has 1 aliphatic heterocycles. The zero-order valence-corrected chi connectivity index (χ0v) is 15.9. The van der Waals surface area contributed by atoms with Gasteiger partial charge in [-0.1, -0.05) is 36.4 Å². The van der Waals surface area contributed by atoms with Crippen molar-refractivity contribution in [2.45, 2.75) is 31.5 Å². The second-order valence-corrected chi connectivity index (χ2v) is 8.13. The maximum absolute atomic E-state index is 12.2. The lowest BCUT2D eigenvalue weighted by atomic mass is 9.91. The summed E-state index contributed by atoms with van der Waals surface area (Å²) in [4.78, 5) is 15.6. The number of nitrogens with zero attached hydrogens (tertiary/aromatic N) is 3. The maximum atomic E-state index is 12.2. The van der Waals surface area contributed by atoms with Crippen LogP contribution in [0, 0.1) is 0 Å². The Morgan fingerprint density at radius 1 is 1.04 bits per heavy atom. The van der Waals surface area contributed by atoms with Gasteiger partial charge < -0.3 is 5.11 Å². The van der Waals surface area contributed by atoms with Crippen molar-refractivity contribution in [3.8, 4) is 10.6 Å². The molecular weight excluding hydrogens is 358 g/mol. The molecule has 140 valence electrons. The van der Waals surface area contributed by atoms with Gasteiger partial charge in [0.15, 0.2) is 0 Å². The van der Waals surface area contributed by atoms with E-state index in [0.717, 1.165) is 30.2 Å². The number of hydrogen-bond donors (Lipinski definition) is 1. The SMILES string of the molecule is O=c1ccc(-c2cccs2)nn1CC1(O)CCN(Cc2ccccc2)CC1. The van der Waals surface area contributed by atoms with E-state index in [1.54, 1.807) is 17.4 Å². The molecule has 0 atom stereocenters. The van der Waals surface area contributed by atoms with E-state index in [1.807, 2.05) is 35.7 Å². The number of hydrogen-bond acceptors (Lipinski definition) is 5. The van der Waals surface area contributed by atoms with Gasteiger partial charge in [0, 0.05) is 25.7 Å². The summed E-state index contributed by atoms with van der Waals surface area (Å²) in [7, 11) is 0. The lowest BCUT2D eigenvalue weighted by molar-refractivity contribution is -0.0389. The van der Waals surface area contributed by atoms with Crippen LogP contribution >= 0.6 is 11.3 Å². The van der Waals surface area contributed by atoms with Gasteiger partial charge in [0.2, 0.25) is 0 Å². The third-order valence-electron chi connectivity index (χ3n) is 5.12. The Morgan fingerprint density at radius 2 is 1.81 bits per heavy atom. The van der Waals surface area contributed by atoms with Crippen LogP contribution in [0.25, 0.3) is 10.6 Å². The lowest BCUT2D eigenvalue weighted by Gasteiger charge is -2.38. The van der Waals surface area contributed by atoms with E-state index in [2.05, 4.69) is 22.1 Å². The van der Waals surface area contributed by atoms with Gasteiger partial charge in [-0.3, -0.25) is 9.69 Å². The third kappa shape index (κ3) is 4.35. The standard InChI is InChI=1S/C21H23N3O2S/c25-20-9-8-18(19-7-4-14-27-19)22-24(20)16-21(26)10-12-23(13-11-21)15-17-5-2-1-3-6-17/h1-9,14,26H,10-13,15-16H2. The number of benzene rings is 1. The largest absolute Gasteiger partial charge is 0.388 e. The minimum Gasteiger partial charge on any atom is -0.388 e. The molecule has 1 N–H and O–H groups in total. The fourth-order valence-corrected chi connectivity index (χ4v) is 4.21. The van der Waals surface area contributed by atoms with Crippen molar-refractivity contribution in [1.29, 1.82) is 0 Å². The van der Waals surface area contributed by atoms with Crippen LogP contribution in [0.1, 0.15) is 18.4 Å². The van der Waals surface area contributed by atoms with Crippen LogP contribution in [0.15, 0.2) is 64.8 Å². The maximum Gasteiger partial charge on any atom is 0.266 e. The topological polar surface area (TPSA) is 58.4 Å². The Morgan fingerprint density at radius 3 is 2.52 bits per heavy atom. The molecule has 0 spiro atoms. The first-order valence-corrected chi connectivity index (χ1v) is 10.1. The first kappa shape index (κ1) is 18.1. The molecule has 0 radical (unpaired) electrons. The molecule has 1 aliphatic rings. The molecule has 0 aliphatic carbocycles. The van der Waals surface area contributed by atoms with Crippen LogP contribution in [0.5, 0.6) is 0 Å². The highest BCUT2D eigenvalue weighted by Crippen LogP contribution is 2.26. The summed E-state index contributed by atoms with van der Waals surface area (Å²) in [5.74, 6) is 0. The molecule has 2 aromatic heterocycles. The van der Waals surface area contributed by atoms with Gasteiger partial charge in [-0.25, -0.2) is 4.68 Å². The van der Waals surface area contributed by atoms with Crippen LogP contribution in [0.2, 0.25) is 0 Å². The summed E-state index contributed by atoms with van der Waals surface area (Å²) in [6.07, 6.45) is 1.27. The molecule has 3 aromatic rings. The van der Waals surface area contributed by atoms with E-state index < -0.39 is 5.60 Å². The molecule has 1 aromatic carbocycles. The van der Waals surface area contributed by atoms with Crippen molar-refractivity contribution in [3.05, 3.63) is 75.9 Å². The summed E-state index contributed by atoms with van der Waals surface area (Å²) in [6.45, 7) is 2.75. The summed E-state index contributed by atoms with van der Waals surface area (Å²) >= 11 is 1.59. The first-order chi connectivity index (χ1) is 13.1. The summed E-state index contributed by atoms with van der Waals surface area (Å²) in [5.41, 5.74) is 0.993. The van der Waals surface area contributed by atoms with Crippen molar-refractivity contribution >= 4 is 11.3 Å². The van der Waals surface area contributed by atoms with E-state index in [0.29, 0.717) is 12.8 Å². The van der Waals surface area contributed by atoms with E-state index >= 15 is 0 Å². The molecule has 4 rings (SSSR count). The van der Waals surface area contributed by atoms with Crippen molar-refractivity contribution in [1.82, 2.24) is 14.7 Å². The van der Waals surface area contributed by atoms with Crippen LogP contribution in [0.3, 0.4) is 0 Å². The third-order valence-corrected chi connectivity index (χ3v) is 6.01. The predicted octanol–water partition coefficient (Wildman–Crippen LogP) is 3.00. The zero-order chi connectivity index (χ0) is 18.7. The van der Waals surface area contributed by atoms with E-state index in [9.17, 15) is 9.90 Å². The minimum atomic E-state index is -0.891. The molecule has 0 bridgehead atoms. The Kier molecular flexibility index (Phi) is 5.20. The fourth-order valence-electron chi connectivity index (χ4n) is 3.52. The molecule has 27 heavy (non-hydrogen) atoms. The molecule has 3 heterocycles. The van der Waals surface area contributed by atoms with Crippen molar-refractivity contribution in [2.75, 3.05) is 13.1 Å². The average Bonchev–Trinajstić information content (AvgIpc) is 3.21. The number of piperidine rings is 1. The highest BCUT2D eigenvalue weighted by molar-refractivity contribution is 7.13. The molecule has 1 fully saturated rings. The highest BCUT2D eigenvalue weighted by atomic mass is 32.1. The normalized spacial score (nSPS) is 17.1. The van der Waals surface area contributed by atoms with Gasteiger partial charge in [-0.05, 0) is 35.9 Å². The smallest absolute Gasteiger partial charge is 0.266 e. The number of aliphatic hydroxyl groups is 1. The number of rotatable bonds is 5. The van der Waals surface area contributed by atoms with Gasteiger partial charge in [0.1, 0.15) is 5.69 Å². The lowest BCUT2D eigenvalue weighted by Crippen LogP contribution is -2.48. The van der Waals surface area contributed by atoms with Gasteiger partial charge >= 0.3 is 0 Å². The molecule has 0 unspecified atom stereocenters.